The maximum atomic E-state index is 12.2. The molecule has 0 bridgehead atoms. The summed E-state index contributed by atoms with van der Waals surface area (Å²) in [4.78, 5) is 10.0. The van der Waals surface area contributed by atoms with Crippen molar-refractivity contribution >= 4 is 5.97 Å². The first kappa shape index (κ1) is 11.3. The first-order chi connectivity index (χ1) is 5.66. The average molecular weight is 180 g/mol. The second-order valence-corrected chi connectivity index (χ2v) is 2.74. The van der Waals surface area contributed by atoms with Crippen LogP contribution in [0.2, 0.25) is 0 Å². The molecule has 0 aliphatic rings. The van der Waals surface area contributed by atoms with Crippen molar-refractivity contribution in [2.45, 2.75) is 38.3 Å². The van der Waals surface area contributed by atoms with Gasteiger partial charge >= 0.3 is 5.97 Å². The predicted octanol–water partition coefficient (Wildman–Crippen LogP) is 2.33. The molecule has 0 spiro atoms. The summed E-state index contributed by atoms with van der Waals surface area (Å²) in [6.07, 6.45) is 0.733. The van der Waals surface area contributed by atoms with Gasteiger partial charge in [0.05, 0.1) is 0 Å². The molecule has 0 saturated heterocycles. The highest BCUT2D eigenvalue weighted by atomic mass is 19.2. The Hall–Kier alpha value is -0.670. The standard InChI is InChI=1S/C8H14F2O2/c9-6-7(10)4-2-1-3-5-8(11)12/h7H,1-6H2,(H,11,12). The van der Waals surface area contributed by atoms with Crippen molar-refractivity contribution in [1.29, 1.82) is 0 Å². The molecule has 12 heavy (non-hydrogen) atoms. The fourth-order valence-corrected chi connectivity index (χ4v) is 0.896. The van der Waals surface area contributed by atoms with Gasteiger partial charge in [0.1, 0.15) is 12.8 Å². The van der Waals surface area contributed by atoms with Crippen LogP contribution in [0.25, 0.3) is 0 Å². The molecule has 0 aromatic heterocycles. The zero-order valence-electron chi connectivity index (χ0n) is 6.93. The minimum atomic E-state index is -1.37. The van der Waals surface area contributed by atoms with Gasteiger partial charge in [0.2, 0.25) is 0 Å². The zero-order chi connectivity index (χ0) is 9.40. The van der Waals surface area contributed by atoms with E-state index < -0.39 is 18.8 Å². The highest BCUT2D eigenvalue weighted by Gasteiger charge is 2.04. The lowest BCUT2D eigenvalue weighted by atomic mass is 10.1. The van der Waals surface area contributed by atoms with Crippen molar-refractivity contribution in [3.8, 4) is 0 Å². The maximum absolute atomic E-state index is 12.2. The second kappa shape index (κ2) is 7.00. The zero-order valence-corrected chi connectivity index (χ0v) is 6.93. The van der Waals surface area contributed by atoms with Crippen molar-refractivity contribution in [2.24, 2.45) is 0 Å². The highest BCUT2D eigenvalue weighted by Crippen LogP contribution is 2.08. The van der Waals surface area contributed by atoms with Gasteiger partial charge in [-0.15, -0.1) is 0 Å². The largest absolute Gasteiger partial charge is 0.481 e. The van der Waals surface area contributed by atoms with Crippen molar-refractivity contribution in [1.82, 2.24) is 0 Å². The molecular formula is C8H14F2O2. The molecular weight excluding hydrogens is 166 g/mol. The average Bonchev–Trinajstić information content (AvgIpc) is 2.03. The van der Waals surface area contributed by atoms with Gasteiger partial charge in [0.25, 0.3) is 0 Å². The second-order valence-electron chi connectivity index (χ2n) is 2.74. The molecule has 0 saturated carbocycles. The maximum Gasteiger partial charge on any atom is 0.303 e. The molecule has 0 rings (SSSR count). The molecule has 0 aromatic rings. The molecule has 0 aliphatic carbocycles. The molecule has 4 heteroatoms. The molecule has 0 radical (unpaired) electrons. The number of rotatable bonds is 7. The lowest BCUT2D eigenvalue weighted by Gasteiger charge is -2.01. The van der Waals surface area contributed by atoms with Crippen LogP contribution in [0.15, 0.2) is 0 Å². The smallest absolute Gasteiger partial charge is 0.303 e. The Labute approximate surface area is 70.6 Å². The Morgan fingerprint density at radius 1 is 1.33 bits per heavy atom. The van der Waals surface area contributed by atoms with Crippen molar-refractivity contribution < 1.29 is 18.7 Å². The van der Waals surface area contributed by atoms with Crippen molar-refractivity contribution in [3.05, 3.63) is 0 Å². The molecule has 1 N–H and O–H groups in total. The fraction of sp³-hybridized carbons (Fsp3) is 0.875. The Morgan fingerprint density at radius 2 is 2.00 bits per heavy atom. The first-order valence-corrected chi connectivity index (χ1v) is 4.08. The minimum Gasteiger partial charge on any atom is -0.481 e. The summed E-state index contributed by atoms with van der Waals surface area (Å²) in [7, 11) is 0. The van der Waals surface area contributed by atoms with Crippen LogP contribution < -0.4 is 0 Å². The van der Waals surface area contributed by atoms with Crippen LogP contribution in [0.4, 0.5) is 8.78 Å². The molecule has 0 aromatic carbocycles. The van der Waals surface area contributed by atoms with E-state index in [2.05, 4.69) is 0 Å². The van der Waals surface area contributed by atoms with Crippen molar-refractivity contribution in [3.63, 3.8) is 0 Å². The number of aliphatic carboxylic acids is 1. The minimum absolute atomic E-state index is 0.118. The number of unbranched alkanes of at least 4 members (excludes halogenated alkanes) is 2. The molecule has 72 valence electrons. The summed E-state index contributed by atoms with van der Waals surface area (Å²) in [5.41, 5.74) is 0. The first-order valence-electron chi connectivity index (χ1n) is 4.08. The van der Waals surface area contributed by atoms with Crippen LogP contribution in [0.5, 0.6) is 0 Å². The fourth-order valence-electron chi connectivity index (χ4n) is 0.896. The molecule has 0 fully saturated rings. The molecule has 0 heterocycles. The van der Waals surface area contributed by atoms with Crippen LogP contribution in [-0.2, 0) is 4.79 Å². The highest BCUT2D eigenvalue weighted by molar-refractivity contribution is 5.66. The van der Waals surface area contributed by atoms with Crippen LogP contribution >= 0.6 is 0 Å². The monoisotopic (exact) mass is 180 g/mol. The number of hydrogen-bond acceptors (Lipinski definition) is 1. The Balaban J connectivity index is 3.05. The van der Waals surface area contributed by atoms with Gasteiger partial charge in [-0.1, -0.05) is 12.8 Å². The van der Waals surface area contributed by atoms with Gasteiger partial charge in [-0.3, -0.25) is 4.79 Å². The van der Waals surface area contributed by atoms with Gasteiger partial charge in [-0.2, -0.15) is 0 Å². The van der Waals surface area contributed by atoms with E-state index >= 15 is 0 Å². The van der Waals surface area contributed by atoms with Crippen LogP contribution in [0.3, 0.4) is 0 Å². The summed E-state index contributed by atoms with van der Waals surface area (Å²) < 4.78 is 23.8. The van der Waals surface area contributed by atoms with E-state index in [4.69, 9.17) is 5.11 Å². The van der Waals surface area contributed by atoms with E-state index in [0.29, 0.717) is 19.3 Å². The van der Waals surface area contributed by atoms with Gasteiger partial charge in [-0.05, 0) is 12.8 Å². The third-order valence-electron chi connectivity index (χ3n) is 1.58. The Morgan fingerprint density at radius 3 is 2.50 bits per heavy atom. The normalized spacial score (nSPS) is 12.8. The number of hydrogen-bond donors (Lipinski definition) is 1. The molecule has 0 amide bonds. The third kappa shape index (κ3) is 7.44. The lowest BCUT2D eigenvalue weighted by Crippen LogP contribution is -2.02. The topological polar surface area (TPSA) is 37.3 Å². The van der Waals surface area contributed by atoms with E-state index in [9.17, 15) is 13.6 Å². The number of carbonyl (C=O) groups is 1. The quantitative estimate of drug-likeness (QED) is 0.610. The van der Waals surface area contributed by atoms with Gasteiger partial charge in [-0.25, -0.2) is 8.78 Å². The Bertz CT molecular complexity index is 128. The summed E-state index contributed by atoms with van der Waals surface area (Å²) in [5, 5.41) is 8.23. The number of carboxylic acid groups (broad SMARTS) is 1. The van der Waals surface area contributed by atoms with E-state index in [0.717, 1.165) is 0 Å². The number of halogens is 2. The lowest BCUT2D eigenvalue weighted by molar-refractivity contribution is -0.137. The Kier molecular flexibility index (Phi) is 6.61. The van der Waals surface area contributed by atoms with E-state index in [1.165, 1.54) is 0 Å². The van der Waals surface area contributed by atoms with Gasteiger partial charge < -0.3 is 5.11 Å². The van der Waals surface area contributed by atoms with E-state index in [1.807, 2.05) is 0 Å². The van der Waals surface area contributed by atoms with Crippen LogP contribution in [0, 0.1) is 0 Å². The van der Waals surface area contributed by atoms with E-state index in [-0.39, 0.29) is 12.8 Å². The SMILES string of the molecule is O=C(O)CCCCCC(F)CF. The molecule has 0 aliphatic heterocycles. The summed E-state index contributed by atoms with van der Waals surface area (Å²) in [6, 6.07) is 0. The van der Waals surface area contributed by atoms with Crippen molar-refractivity contribution in [2.75, 3.05) is 6.67 Å². The molecule has 1 atom stereocenters. The van der Waals surface area contributed by atoms with Crippen LogP contribution in [-0.4, -0.2) is 23.9 Å². The van der Waals surface area contributed by atoms with Gasteiger partial charge in [0.15, 0.2) is 0 Å². The summed E-state index contributed by atoms with van der Waals surface area (Å²) >= 11 is 0. The van der Waals surface area contributed by atoms with Crippen LogP contribution in [0.1, 0.15) is 32.1 Å². The molecule has 2 nitrogen and oxygen atoms in total. The number of alkyl halides is 2. The molecule has 1 unspecified atom stereocenters. The summed E-state index contributed by atoms with van der Waals surface area (Å²) in [5.74, 6) is -0.836. The predicted molar refractivity (Wildman–Crippen MR) is 41.6 cm³/mol. The third-order valence-corrected chi connectivity index (χ3v) is 1.58. The number of carboxylic acids is 1. The van der Waals surface area contributed by atoms with Gasteiger partial charge in [0, 0.05) is 6.42 Å². The van der Waals surface area contributed by atoms with E-state index in [1.54, 1.807) is 0 Å². The summed E-state index contributed by atoms with van der Waals surface area (Å²) in [6.45, 7) is -0.932.